The van der Waals surface area contributed by atoms with Gasteiger partial charge in [0, 0.05) is 0 Å². The standard InChI is InChI=1S/C14H29N/c1-11(2)13(10-14(3,4)5)12-6-8-15-9-7-12/h11-13,15H,6-10H2,1-5H3. The molecule has 1 fully saturated rings. The summed E-state index contributed by atoms with van der Waals surface area (Å²) in [6.45, 7) is 14.4. The molecule has 0 aromatic heterocycles. The number of hydrogen-bond donors (Lipinski definition) is 1. The molecule has 90 valence electrons. The second-order valence-corrected chi connectivity index (χ2v) is 6.76. The molecule has 1 heterocycles. The zero-order valence-corrected chi connectivity index (χ0v) is 11.3. The third-order valence-electron chi connectivity index (χ3n) is 3.69. The molecule has 1 N–H and O–H groups in total. The first-order valence-corrected chi connectivity index (χ1v) is 6.61. The lowest BCUT2D eigenvalue weighted by Gasteiger charge is -2.37. The van der Waals surface area contributed by atoms with Gasteiger partial charge in [-0.3, -0.25) is 0 Å². The van der Waals surface area contributed by atoms with Crippen LogP contribution in [0.5, 0.6) is 0 Å². The molecular weight excluding hydrogens is 182 g/mol. The van der Waals surface area contributed by atoms with E-state index in [0.29, 0.717) is 5.41 Å². The highest BCUT2D eigenvalue weighted by Gasteiger charge is 2.29. The molecule has 1 aliphatic rings. The fraction of sp³-hybridized carbons (Fsp3) is 1.00. The molecule has 1 rings (SSSR count). The highest BCUT2D eigenvalue weighted by atomic mass is 14.9. The minimum absolute atomic E-state index is 0.486. The van der Waals surface area contributed by atoms with Crippen molar-refractivity contribution in [3.05, 3.63) is 0 Å². The van der Waals surface area contributed by atoms with Crippen LogP contribution in [0.2, 0.25) is 0 Å². The SMILES string of the molecule is CC(C)C(CC(C)(C)C)C1CCNCC1. The van der Waals surface area contributed by atoms with Crippen LogP contribution in [0.15, 0.2) is 0 Å². The molecule has 0 aromatic rings. The Kier molecular flexibility index (Phi) is 4.64. The highest BCUT2D eigenvalue weighted by Crippen LogP contribution is 2.37. The maximum absolute atomic E-state index is 3.47. The van der Waals surface area contributed by atoms with Gasteiger partial charge in [-0.2, -0.15) is 0 Å². The molecule has 0 aromatic carbocycles. The summed E-state index contributed by atoms with van der Waals surface area (Å²) < 4.78 is 0. The van der Waals surface area contributed by atoms with Gasteiger partial charge < -0.3 is 5.32 Å². The van der Waals surface area contributed by atoms with Crippen molar-refractivity contribution in [1.29, 1.82) is 0 Å². The van der Waals surface area contributed by atoms with Crippen LogP contribution in [0.25, 0.3) is 0 Å². The number of piperidine rings is 1. The van der Waals surface area contributed by atoms with Crippen molar-refractivity contribution in [3.63, 3.8) is 0 Å². The first-order chi connectivity index (χ1) is 6.90. The van der Waals surface area contributed by atoms with Gasteiger partial charge in [-0.05, 0) is 55.5 Å². The normalized spacial score (nSPS) is 22.0. The maximum Gasteiger partial charge on any atom is -0.00462 e. The number of rotatable bonds is 3. The molecule has 15 heavy (non-hydrogen) atoms. The molecule has 0 amide bonds. The first-order valence-electron chi connectivity index (χ1n) is 6.61. The third kappa shape index (κ3) is 4.55. The van der Waals surface area contributed by atoms with E-state index in [-0.39, 0.29) is 0 Å². The van der Waals surface area contributed by atoms with Crippen LogP contribution in [-0.2, 0) is 0 Å². The molecule has 1 aliphatic heterocycles. The molecule has 0 radical (unpaired) electrons. The summed E-state index contributed by atoms with van der Waals surface area (Å²) in [5.74, 6) is 2.73. The van der Waals surface area contributed by atoms with E-state index in [1.807, 2.05) is 0 Å². The zero-order valence-electron chi connectivity index (χ0n) is 11.3. The molecule has 1 saturated heterocycles. The highest BCUT2D eigenvalue weighted by molar-refractivity contribution is 4.81. The summed E-state index contributed by atoms with van der Waals surface area (Å²) in [4.78, 5) is 0. The first kappa shape index (κ1) is 13.0. The van der Waals surface area contributed by atoms with Crippen molar-refractivity contribution in [2.45, 2.75) is 53.9 Å². The van der Waals surface area contributed by atoms with Crippen LogP contribution in [-0.4, -0.2) is 13.1 Å². The predicted octanol–water partition coefficient (Wildman–Crippen LogP) is 3.69. The van der Waals surface area contributed by atoms with Gasteiger partial charge in [0.2, 0.25) is 0 Å². The summed E-state index contributed by atoms with van der Waals surface area (Å²) in [5, 5.41) is 3.47. The predicted molar refractivity (Wildman–Crippen MR) is 68.0 cm³/mol. The Labute approximate surface area is 96.0 Å². The zero-order chi connectivity index (χ0) is 11.5. The monoisotopic (exact) mass is 211 g/mol. The van der Waals surface area contributed by atoms with Gasteiger partial charge in [-0.1, -0.05) is 34.6 Å². The minimum atomic E-state index is 0.486. The smallest absolute Gasteiger partial charge is 0.00462 e. The minimum Gasteiger partial charge on any atom is -0.317 e. The molecule has 1 atom stereocenters. The average Bonchev–Trinajstić information content (AvgIpc) is 2.14. The van der Waals surface area contributed by atoms with Gasteiger partial charge in [0.25, 0.3) is 0 Å². The van der Waals surface area contributed by atoms with E-state index in [0.717, 1.165) is 17.8 Å². The molecule has 0 saturated carbocycles. The Morgan fingerprint density at radius 2 is 1.67 bits per heavy atom. The molecular formula is C14H29N. The van der Waals surface area contributed by atoms with Crippen LogP contribution < -0.4 is 5.32 Å². The Bertz CT molecular complexity index is 172. The Hall–Kier alpha value is -0.0400. The lowest BCUT2D eigenvalue weighted by Crippen LogP contribution is -2.35. The van der Waals surface area contributed by atoms with Crippen molar-refractivity contribution in [3.8, 4) is 0 Å². The summed E-state index contributed by atoms with van der Waals surface area (Å²) in [6, 6.07) is 0. The molecule has 0 bridgehead atoms. The van der Waals surface area contributed by atoms with Gasteiger partial charge >= 0.3 is 0 Å². The van der Waals surface area contributed by atoms with Gasteiger partial charge in [0.05, 0.1) is 0 Å². The van der Waals surface area contributed by atoms with Crippen LogP contribution >= 0.6 is 0 Å². The quantitative estimate of drug-likeness (QED) is 0.750. The van der Waals surface area contributed by atoms with E-state index in [1.165, 1.54) is 32.4 Å². The average molecular weight is 211 g/mol. The topological polar surface area (TPSA) is 12.0 Å². The van der Waals surface area contributed by atoms with Crippen LogP contribution in [0.3, 0.4) is 0 Å². The molecule has 0 aliphatic carbocycles. The second kappa shape index (κ2) is 5.34. The summed E-state index contributed by atoms with van der Waals surface area (Å²) in [7, 11) is 0. The van der Waals surface area contributed by atoms with Gasteiger partial charge in [0.1, 0.15) is 0 Å². The Morgan fingerprint density at radius 3 is 2.07 bits per heavy atom. The fourth-order valence-electron chi connectivity index (χ4n) is 2.93. The lowest BCUT2D eigenvalue weighted by molar-refractivity contribution is 0.144. The van der Waals surface area contributed by atoms with E-state index in [2.05, 4.69) is 39.9 Å². The van der Waals surface area contributed by atoms with Crippen molar-refractivity contribution < 1.29 is 0 Å². The number of nitrogens with one attached hydrogen (secondary N) is 1. The second-order valence-electron chi connectivity index (χ2n) is 6.76. The van der Waals surface area contributed by atoms with E-state index in [1.54, 1.807) is 0 Å². The fourth-order valence-corrected chi connectivity index (χ4v) is 2.93. The van der Waals surface area contributed by atoms with Crippen LogP contribution in [0.4, 0.5) is 0 Å². The van der Waals surface area contributed by atoms with E-state index >= 15 is 0 Å². The van der Waals surface area contributed by atoms with Crippen molar-refractivity contribution in [1.82, 2.24) is 5.32 Å². The van der Waals surface area contributed by atoms with Gasteiger partial charge in [-0.15, -0.1) is 0 Å². The van der Waals surface area contributed by atoms with Crippen molar-refractivity contribution in [2.75, 3.05) is 13.1 Å². The molecule has 1 nitrogen and oxygen atoms in total. The summed E-state index contributed by atoms with van der Waals surface area (Å²) >= 11 is 0. The van der Waals surface area contributed by atoms with Gasteiger partial charge in [0.15, 0.2) is 0 Å². The summed E-state index contributed by atoms with van der Waals surface area (Å²) in [5.41, 5.74) is 0.486. The van der Waals surface area contributed by atoms with Crippen LogP contribution in [0, 0.1) is 23.2 Å². The molecule has 1 unspecified atom stereocenters. The third-order valence-corrected chi connectivity index (χ3v) is 3.69. The van der Waals surface area contributed by atoms with Gasteiger partial charge in [-0.25, -0.2) is 0 Å². The lowest BCUT2D eigenvalue weighted by atomic mass is 9.71. The molecule has 1 heteroatoms. The van der Waals surface area contributed by atoms with Crippen LogP contribution in [0.1, 0.15) is 53.9 Å². The van der Waals surface area contributed by atoms with Crippen molar-refractivity contribution >= 4 is 0 Å². The number of hydrogen-bond acceptors (Lipinski definition) is 1. The van der Waals surface area contributed by atoms with Crippen molar-refractivity contribution in [2.24, 2.45) is 23.2 Å². The van der Waals surface area contributed by atoms with E-state index < -0.39 is 0 Å². The van der Waals surface area contributed by atoms with E-state index in [4.69, 9.17) is 0 Å². The Morgan fingerprint density at radius 1 is 1.13 bits per heavy atom. The largest absolute Gasteiger partial charge is 0.317 e. The Balaban J connectivity index is 2.56. The van der Waals surface area contributed by atoms with E-state index in [9.17, 15) is 0 Å². The molecule has 0 spiro atoms. The maximum atomic E-state index is 3.47. The summed E-state index contributed by atoms with van der Waals surface area (Å²) in [6.07, 6.45) is 4.16.